The van der Waals surface area contributed by atoms with E-state index in [0.29, 0.717) is 23.2 Å². The van der Waals surface area contributed by atoms with Gasteiger partial charge in [0, 0.05) is 17.8 Å². The Hall–Kier alpha value is -0.680. The van der Waals surface area contributed by atoms with Gasteiger partial charge in [-0.1, -0.05) is 32.2 Å². The van der Waals surface area contributed by atoms with Crippen molar-refractivity contribution in [2.45, 2.75) is 46.0 Å². The van der Waals surface area contributed by atoms with E-state index in [1.807, 2.05) is 20.8 Å². The molecule has 0 aliphatic rings. The molecule has 0 saturated carbocycles. The number of halogens is 1. The first kappa shape index (κ1) is 16.4. The number of rotatable bonds is 6. The highest BCUT2D eigenvalue weighted by Crippen LogP contribution is 2.25. The molecule has 1 amide bonds. The molecule has 0 bridgehead atoms. The first-order valence-electron chi connectivity index (χ1n) is 6.53. The molecule has 1 rings (SSSR count). The van der Waals surface area contributed by atoms with E-state index in [-0.39, 0.29) is 11.3 Å². The summed E-state index contributed by atoms with van der Waals surface area (Å²) >= 11 is 6.90. The number of carbonyl (C=O) groups is 1. The summed E-state index contributed by atoms with van der Waals surface area (Å²) in [5.74, 6) is 1.09. The Kier molecular flexibility index (Phi) is 6.20. The van der Waals surface area contributed by atoms with E-state index >= 15 is 0 Å². The summed E-state index contributed by atoms with van der Waals surface area (Å²) in [7, 11) is 0. The van der Waals surface area contributed by atoms with Crippen molar-refractivity contribution in [3.8, 4) is 0 Å². The Morgan fingerprint density at radius 3 is 2.74 bits per heavy atom. The van der Waals surface area contributed by atoms with Gasteiger partial charge in [0.1, 0.15) is 4.88 Å². The zero-order valence-electron chi connectivity index (χ0n) is 12.0. The minimum Gasteiger partial charge on any atom is -0.351 e. The minimum absolute atomic E-state index is 0.0709. The van der Waals surface area contributed by atoms with Gasteiger partial charge in [-0.3, -0.25) is 4.79 Å². The Balaban J connectivity index is 2.49. The number of hydrogen-bond donors (Lipinski definition) is 1. The van der Waals surface area contributed by atoms with Crippen LogP contribution in [0.3, 0.4) is 0 Å². The van der Waals surface area contributed by atoms with Gasteiger partial charge >= 0.3 is 0 Å². The molecule has 1 aromatic heterocycles. The molecule has 0 fully saturated rings. The number of amides is 1. The zero-order valence-corrected chi connectivity index (χ0v) is 13.6. The SMILES string of the molecule is CC(CCl)CCCNC(=O)c1snnc1C(C)(C)C. The third-order valence-corrected chi connectivity index (χ3v) is 4.08. The molecule has 19 heavy (non-hydrogen) atoms. The number of nitrogens with one attached hydrogen (secondary N) is 1. The van der Waals surface area contributed by atoms with Crippen LogP contribution in [0.4, 0.5) is 0 Å². The second kappa shape index (κ2) is 7.20. The molecular weight excluding hydrogens is 282 g/mol. The fourth-order valence-electron chi connectivity index (χ4n) is 1.64. The third-order valence-electron chi connectivity index (χ3n) is 2.83. The zero-order chi connectivity index (χ0) is 14.5. The van der Waals surface area contributed by atoms with Gasteiger partial charge < -0.3 is 5.32 Å². The summed E-state index contributed by atoms with van der Waals surface area (Å²) in [6, 6.07) is 0. The Morgan fingerprint density at radius 1 is 1.47 bits per heavy atom. The van der Waals surface area contributed by atoms with Crippen LogP contribution in [0, 0.1) is 5.92 Å². The van der Waals surface area contributed by atoms with Crippen molar-refractivity contribution in [3.63, 3.8) is 0 Å². The van der Waals surface area contributed by atoms with Gasteiger partial charge in [0.05, 0.1) is 5.69 Å². The number of carbonyl (C=O) groups excluding carboxylic acids is 1. The number of aromatic nitrogens is 2. The van der Waals surface area contributed by atoms with Crippen molar-refractivity contribution < 1.29 is 4.79 Å². The van der Waals surface area contributed by atoms with E-state index in [1.165, 1.54) is 0 Å². The predicted octanol–water partition coefficient (Wildman–Crippen LogP) is 3.22. The maximum atomic E-state index is 12.1. The molecule has 0 aliphatic carbocycles. The van der Waals surface area contributed by atoms with Gasteiger partial charge in [-0.2, -0.15) is 0 Å². The molecule has 0 radical (unpaired) electrons. The predicted molar refractivity (Wildman–Crippen MR) is 80.1 cm³/mol. The summed E-state index contributed by atoms with van der Waals surface area (Å²) in [6.45, 7) is 8.87. The first-order chi connectivity index (χ1) is 8.86. The second-order valence-electron chi connectivity index (χ2n) is 5.86. The van der Waals surface area contributed by atoms with Crippen LogP contribution in [0.25, 0.3) is 0 Å². The van der Waals surface area contributed by atoms with Gasteiger partial charge in [0.15, 0.2) is 0 Å². The molecule has 0 spiro atoms. The van der Waals surface area contributed by atoms with Crippen molar-refractivity contribution >= 4 is 29.0 Å². The van der Waals surface area contributed by atoms with Crippen LogP contribution in [0.5, 0.6) is 0 Å². The average Bonchev–Trinajstić information content (AvgIpc) is 2.82. The van der Waals surface area contributed by atoms with Crippen LogP contribution in [0.1, 0.15) is 55.9 Å². The lowest BCUT2D eigenvalue weighted by Crippen LogP contribution is -2.27. The molecular formula is C13H22ClN3OS. The lowest BCUT2D eigenvalue weighted by molar-refractivity contribution is 0.0954. The lowest BCUT2D eigenvalue weighted by atomic mass is 9.91. The van der Waals surface area contributed by atoms with Gasteiger partial charge in [-0.05, 0) is 30.3 Å². The highest BCUT2D eigenvalue weighted by Gasteiger charge is 2.25. The van der Waals surface area contributed by atoms with Crippen molar-refractivity contribution in [1.82, 2.24) is 14.9 Å². The summed E-state index contributed by atoms with van der Waals surface area (Å²) in [6.07, 6.45) is 1.97. The molecule has 1 heterocycles. The van der Waals surface area contributed by atoms with Gasteiger partial charge in [0.25, 0.3) is 5.91 Å². The van der Waals surface area contributed by atoms with E-state index in [0.717, 1.165) is 30.1 Å². The molecule has 1 aromatic rings. The molecule has 0 saturated heterocycles. The lowest BCUT2D eigenvalue weighted by Gasteiger charge is -2.16. The number of hydrogen-bond acceptors (Lipinski definition) is 4. The van der Waals surface area contributed by atoms with Gasteiger partial charge in [-0.25, -0.2) is 0 Å². The average molecular weight is 304 g/mol. The van der Waals surface area contributed by atoms with Crippen molar-refractivity contribution in [1.29, 1.82) is 0 Å². The quantitative estimate of drug-likeness (QED) is 0.648. The van der Waals surface area contributed by atoms with Crippen molar-refractivity contribution in [2.75, 3.05) is 12.4 Å². The fraction of sp³-hybridized carbons (Fsp3) is 0.769. The van der Waals surface area contributed by atoms with Crippen LogP contribution in [0.15, 0.2) is 0 Å². The molecule has 0 aromatic carbocycles. The van der Waals surface area contributed by atoms with Gasteiger partial charge in [0.2, 0.25) is 0 Å². The molecule has 1 unspecified atom stereocenters. The number of alkyl halides is 1. The van der Waals surface area contributed by atoms with E-state index in [1.54, 1.807) is 0 Å². The summed E-state index contributed by atoms with van der Waals surface area (Å²) in [4.78, 5) is 12.7. The summed E-state index contributed by atoms with van der Waals surface area (Å²) in [5, 5.41) is 6.99. The van der Waals surface area contributed by atoms with Crippen molar-refractivity contribution in [3.05, 3.63) is 10.6 Å². The Morgan fingerprint density at radius 2 is 2.16 bits per heavy atom. The van der Waals surface area contributed by atoms with Crippen LogP contribution >= 0.6 is 23.1 Å². The maximum Gasteiger partial charge on any atom is 0.264 e. The molecule has 1 N–H and O–H groups in total. The maximum absolute atomic E-state index is 12.1. The highest BCUT2D eigenvalue weighted by molar-refractivity contribution is 7.08. The normalized spacial score (nSPS) is 13.3. The Labute approximate surface area is 124 Å². The topological polar surface area (TPSA) is 54.9 Å². The molecule has 0 aliphatic heterocycles. The van der Waals surface area contributed by atoms with Gasteiger partial charge in [-0.15, -0.1) is 16.7 Å². The van der Waals surface area contributed by atoms with Crippen LogP contribution in [-0.2, 0) is 5.41 Å². The fourth-order valence-corrected chi connectivity index (χ4v) is 2.59. The second-order valence-corrected chi connectivity index (χ2v) is 6.92. The monoisotopic (exact) mass is 303 g/mol. The van der Waals surface area contributed by atoms with Crippen LogP contribution < -0.4 is 5.32 Å². The van der Waals surface area contributed by atoms with E-state index in [4.69, 9.17) is 11.6 Å². The third kappa shape index (κ3) is 5.07. The van der Waals surface area contributed by atoms with E-state index in [2.05, 4.69) is 21.8 Å². The first-order valence-corrected chi connectivity index (χ1v) is 7.84. The number of nitrogens with zero attached hydrogens (tertiary/aromatic N) is 2. The molecule has 1 atom stereocenters. The van der Waals surface area contributed by atoms with E-state index < -0.39 is 0 Å². The largest absolute Gasteiger partial charge is 0.351 e. The van der Waals surface area contributed by atoms with Crippen molar-refractivity contribution in [2.24, 2.45) is 5.92 Å². The van der Waals surface area contributed by atoms with E-state index in [9.17, 15) is 4.79 Å². The van der Waals surface area contributed by atoms with Crippen LogP contribution in [-0.4, -0.2) is 27.9 Å². The Bertz CT molecular complexity index is 414. The minimum atomic E-state index is -0.160. The summed E-state index contributed by atoms with van der Waals surface area (Å²) < 4.78 is 3.89. The molecule has 4 nitrogen and oxygen atoms in total. The molecule has 6 heteroatoms. The highest BCUT2D eigenvalue weighted by atomic mass is 35.5. The summed E-state index contributed by atoms with van der Waals surface area (Å²) in [5.41, 5.74) is 0.608. The smallest absolute Gasteiger partial charge is 0.264 e. The standard InChI is InChI=1S/C13H22ClN3OS/c1-9(8-14)6-5-7-15-12(18)10-11(13(2,3)4)16-17-19-10/h9H,5-8H2,1-4H3,(H,15,18). The molecule has 108 valence electrons. The van der Waals surface area contributed by atoms with Crippen LogP contribution in [0.2, 0.25) is 0 Å².